The molecule has 6 aliphatic carbocycles. The molecule has 8 aliphatic rings. The van der Waals surface area contributed by atoms with Crippen molar-refractivity contribution < 1.29 is 9.47 Å². The topological polar surface area (TPSA) is 25.1 Å². The lowest BCUT2D eigenvalue weighted by atomic mass is 9.62. The van der Waals surface area contributed by atoms with Crippen LogP contribution >= 0.6 is 0 Å². The molecule has 0 radical (unpaired) electrons. The van der Waals surface area contributed by atoms with Crippen molar-refractivity contribution in [2.24, 2.45) is 59.2 Å². The SMILES string of the molecule is C1C2C3=C(O3)C1C1C3CC(C21)C1C2CC(C4=C2O4)C31.CC.CC.CC. The lowest BCUT2D eigenvalue weighted by molar-refractivity contribution is 0.0811. The fraction of sp³-hybridized carbons (Fsp3) is 0.826. The van der Waals surface area contributed by atoms with Crippen molar-refractivity contribution in [3.63, 3.8) is 0 Å². The number of hydrogen-bond donors (Lipinski definition) is 0. The summed E-state index contributed by atoms with van der Waals surface area (Å²) in [6.45, 7) is 12.0. The molecule has 0 spiro atoms. The molecular formula is C23H34O2. The van der Waals surface area contributed by atoms with E-state index in [0.717, 1.165) is 59.2 Å². The second kappa shape index (κ2) is 5.30. The fourth-order valence-corrected chi connectivity index (χ4v) is 8.39. The first-order valence-corrected chi connectivity index (χ1v) is 11.3. The third-order valence-corrected chi connectivity index (χ3v) is 8.47. The molecule has 4 fully saturated rings. The molecule has 8 unspecified atom stereocenters. The van der Waals surface area contributed by atoms with Crippen molar-refractivity contribution in [2.75, 3.05) is 0 Å². The molecule has 138 valence electrons. The van der Waals surface area contributed by atoms with E-state index in [2.05, 4.69) is 0 Å². The Hall–Kier alpha value is -0.920. The van der Waals surface area contributed by atoms with Crippen LogP contribution in [0.4, 0.5) is 0 Å². The summed E-state index contributed by atoms with van der Waals surface area (Å²) >= 11 is 0. The highest BCUT2D eigenvalue weighted by Gasteiger charge is 2.77. The Bertz CT molecular complexity index is 555. The van der Waals surface area contributed by atoms with Crippen molar-refractivity contribution in [3.05, 3.63) is 23.0 Å². The molecule has 0 saturated heterocycles. The molecule has 0 amide bonds. The normalized spacial score (nSPS) is 53.8. The molecule has 6 bridgehead atoms. The van der Waals surface area contributed by atoms with Gasteiger partial charge in [-0.1, -0.05) is 41.5 Å². The van der Waals surface area contributed by atoms with Gasteiger partial charge in [-0.25, -0.2) is 0 Å². The summed E-state index contributed by atoms with van der Waals surface area (Å²) in [5, 5.41) is 0. The zero-order valence-corrected chi connectivity index (χ0v) is 16.7. The Kier molecular flexibility index (Phi) is 3.45. The first-order chi connectivity index (χ1) is 12.4. The van der Waals surface area contributed by atoms with Crippen molar-refractivity contribution in [3.8, 4) is 0 Å². The lowest BCUT2D eigenvalue weighted by Crippen LogP contribution is -2.38. The van der Waals surface area contributed by atoms with Gasteiger partial charge in [-0.3, -0.25) is 0 Å². The molecular weight excluding hydrogens is 308 g/mol. The summed E-state index contributed by atoms with van der Waals surface area (Å²) in [5.74, 6) is 15.4. The standard InChI is InChI=1S/C17H16O2.3C2H6/c1-4-10-6-2-7(15-14(6)18-15)11(10)5(1)13-9-3-8(12(4)13)16-17(9)19-16;3*1-2/h4-13H,1-3H2;3*1-2H3. The lowest BCUT2D eigenvalue weighted by Gasteiger charge is -2.40. The largest absolute Gasteiger partial charge is 0.458 e. The molecule has 8 atom stereocenters. The van der Waals surface area contributed by atoms with Crippen LogP contribution in [0.15, 0.2) is 23.0 Å². The Morgan fingerprint density at radius 3 is 1.04 bits per heavy atom. The van der Waals surface area contributed by atoms with Crippen molar-refractivity contribution in [1.29, 1.82) is 0 Å². The predicted molar refractivity (Wildman–Crippen MR) is 99.0 cm³/mol. The maximum atomic E-state index is 5.82. The minimum atomic E-state index is 0.855. The van der Waals surface area contributed by atoms with Gasteiger partial charge in [0.25, 0.3) is 0 Å². The molecule has 2 nitrogen and oxygen atoms in total. The number of ether oxygens (including phenoxy) is 2. The third kappa shape index (κ3) is 1.64. The molecule has 0 aromatic carbocycles. The maximum absolute atomic E-state index is 5.82. The number of hydrogen-bond acceptors (Lipinski definition) is 2. The Morgan fingerprint density at radius 2 is 0.760 bits per heavy atom. The number of rotatable bonds is 0. The second-order valence-electron chi connectivity index (χ2n) is 8.43. The van der Waals surface area contributed by atoms with Gasteiger partial charge in [0.05, 0.1) is 0 Å². The van der Waals surface area contributed by atoms with Crippen molar-refractivity contribution in [2.45, 2.75) is 60.8 Å². The number of allylic oxidation sites excluding steroid dienone is 4. The second-order valence-corrected chi connectivity index (χ2v) is 8.43. The van der Waals surface area contributed by atoms with E-state index in [-0.39, 0.29) is 0 Å². The molecule has 8 rings (SSSR count). The van der Waals surface area contributed by atoms with Gasteiger partial charge in [0.15, 0.2) is 0 Å². The first-order valence-electron chi connectivity index (χ1n) is 11.3. The van der Waals surface area contributed by atoms with Gasteiger partial charge < -0.3 is 9.47 Å². The minimum absolute atomic E-state index is 0.855. The molecule has 2 heteroatoms. The Balaban J connectivity index is 0.000000216. The molecule has 0 N–H and O–H groups in total. The van der Waals surface area contributed by atoms with Gasteiger partial charge in [-0.15, -0.1) is 0 Å². The van der Waals surface area contributed by atoms with Crippen LogP contribution in [-0.4, -0.2) is 0 Å². The molecule has 0 aromatic heterocycles. The van der Waals surface area contributed by atoms with E-state index in [1.165, 1.54) is 35.9 Å². The quantitative estimate of drug-likeness (QED) is 0.507. The summed E-state index contributed by atoms with van der Waals surface area (Å²) in [5.41, 5.74) is 0. The van der Waals surface area contributed by atoms with E-state index < -0.39 is 0 Å². The smallest absolute Gasteiger partial charge is 0.146 e. The van der Waals surface area contributed by atoms with Crippen molar-refractivity contribution >= 4 is 0 Å². The summed E-state index contributed by atoms with van der Waals surface area (Å²) in [6, 6.07) is 0. The summed E-state index contributed by atoms with van der Waals surface area (Å²) in [7, 11) is 0. The molecule has 2 heterocycles. The van der Waals surface area contributed by atoms with Gasteiger partial charge >= 0.3 is 0 Å². The van der Waals surface area contributed by atoms with Gasteiger partial charge in [0.1, 0.15) is 23.0 Å². The summed E-state index contributed by atoms with van der Waals surface area (Å²) in [6.07, 6.45) is 4.49. The predicted octanol–water partition coefficient (Wildman–Crippen LogP) is 5.96. The van der Waals surface area contributed by atoms with Gasteiger partial charge in [0.2, 0.25) is 0 Å². The molecule has 2 aliphatic heterocycles. The van der Waals surface area contributed by atoms with E-state index in [4.69, 9.17) is 9.47 Å². The zero-order chi connectivity index (χ0) is 17.6. The van der Waals surface area contributed by atoms with Gasteiger partial charge in [0, 0.05) is 23.7 Å². The van der Waals surface area contributed by atoms with E-state index >= 15 is 0 Å². The average molecular weight is 343 g/mol. The van der Waals surface area contributed by atoms with Crippen LogP contribution in [-0.2, 0) is 9.47 Å². The van der Waals surface area contributed by atoms with Crippen LogP contribution in [0, 0.1) is 59.2 Å². The average Bonchev–Trinajstić information content (AvgIpc) is 3.31. The van der Waals surface area contributed by atoms with Gasteiger partial charge in [-0.05, 0) is 54.8 Å². The van der Waals surface area contributed by atoms with E-state index in [1.807, 2.05) is 41.5 Å². The third-order valence-electron chi connectivity index (χ3n) is 8.47. The van der Waals surface area contributed by atoms with E-state index in [9.17, 15) is 0 Å². The Labute approximate surface area is 153 Å². The molecule has 25 heavy (non-hydrogen) atoms. The highest BCUT2D eigenvalue weighted by Crippen LogP contribution is 2.81. The molecule has 0 aromatic rings. The monoisotopic (exact) mass is 342 g/mol. The minimum Gasteiger partial charge on any atom is -0.458 e. The van der Waals surface area contributed by atoms with Crippen molar-refractivity contribution in [1.82, 2.24) is 0 Å². The van der Waals surface area contributed by atoms with Crippen LogP contribution in [0.3, 0.4) is 0 Å². The highest BCUT2D eigenvalue weighted by atomic mass is 16.6. The van der Waals surface area contributed by atoms with E-state index in [0.29, 0.717) is 0 Å². The van der Waals surface area contributed by atoms with Crippen LogP contribution in [0.2, 0.25) is 0 Å². The fourth-order valence-electron chi connectivity index (χ4n) is 8.39. The maximum Gasteiger partial charge on any atom is 0.146 e. The van der Waals surface area contributed by atoms with Crippen LogP contribution in [0.25, 0.3) is 0 Å². The van der Waals surface area contributed by atoms with Crippen LogP contribution in [0.1, 0.15) is 60.8 Å². The number of fused-ring (bicyclic) bond motifs is 20. The Morgan fingerprint density at radius 1 is 0.480 bits per heavy atom. The summed E-state index contributed by atoms with van der Waals surface area (Å²) in [4.78, 5) is 0. The van der Waals surface area contributed by atoms with Crippen LogP contribution < -0.4 is 0 Å². The zero-order valence-electron chi connectivity index (χ0n) is 16.7. The van der Waals surface area contributed by atoms with Gasteiger partial charge in [-0.2, -0.15) is 0 Å². The highest BCUT2D eigenvalue weighted by molar-refractivity contribution is 5.42. The molecule has 4 saturated carbocycles. The first kappa shape index (κ1) is 16.3. The van der Waals surface area contributed by atoms with Crippen LogP contribution in [0.5, 0.6) is 0 Å². The van der Waals surface area contributed by atoms with E-state index in [1.54, 1.807) is 6.42 Å². The summed E-state index contributed by atoms with van der Waals surface area (Å²) < 4.78 is 11.6.